The van der Waals surface area contributed by atoms with Gasteiger partial charge in [0, 0.05) is 43.0 Å². The monoisotopic (exact) mass is 714 g/mol. The van der Waals surface area contributed by atoms with E-state index in [-0.39, 0.29) is 0 Å². The summed E-state index contributed by atoms with van der Waals surface area (Å²) in [6.07, 6.45) is 0. The second-order valence-corrected chi connectivity index (χ2v) is 14.0. The average molecular weight is 716 g/mol. The van der Waals surface area contributed by atoms with E-state index in [4.69, 9.17) is 0 Å². The Bertz CT molecular complexity index is 2900. The molecule has 0 radical (unpaired) electrons. The number of aromatic nitrogens is 2. The number of rotatable bonds is 5. The fraction of sp³-hybridized carbons (Fsp3) is 0. The summed E-state index contributed by atoms with van der Waals surface area (Å²) in [4.78, 5) is 0. The van der Waals surface area contributed by atoms with Crippen LogP contribution in [0.1, 0.15) is 0 Å². The van der Waals surface area contributed by atoms with E-state index in [1.54, 1.807) is 0 Å². The van der Waals surface area contributed by atoms with Gasteiger partial charge in [-0.3, -0.25) is 0 Å². The molecule has 0 aliphatic heterocycles. The lowest BCUT2D eigenvalue weighted by Gasteiger charge is -2.15. The van der Waals surface area contributed by atoms with Gasteiger partial charge in [-0.25, -0.2) is 0 Å². The lowest BCUT2D eigenvalue weighted by atomic mass is 9.92. The predicted molar refractivity (Wildman–Crippen MR) is 219 cm³/mol. The summed E-state index contributed by atoms with van der Waals surface area (Å²) in [5, 5.41) is 4.99. The Morgan fingerprint density at radius 2 is 0.824 bits per heavy atom. The predicted octanol–water partition coefficient (Wildman–Crippen LogP) is 13.6. The van der Waals surface area contributed by atoms with E-state index >= 15 is 0 Å². The summed E-state index contributed by atoms with van der Waals surface area (Å²) in [7, 11) is 0. The molecule has 0 amide bonds. The standard InChI is InChI=1S/C48H31BrN2/c49-37-25-22-32(23-26-37)34-28-35(33-24-27-47-44(31-33)42-17-8-9-20-45(42)50(47)38-12-3-1-4-13-38)30-36(29-34)40-18-11-19-43-41-16-7-10-21-46(41)51(48(40)43)39-14-5-2-6-15-39/h1-31H. The molecule has 240 valence electrons. The smallest absolute Gasteiger partial charge is 0.0619 e. The second kappa shape index (κ2) is 12.0. The highest BCUT2D eigenvalue weighted by atomic mass is 79.9. The molecule has 2 nitrogen and oxygen atoms in total. The van der Waals surface area contributed by atoms with E-state index in [1.165, 1.54) is 77.0 Å². The zero-order chi connectivity index (χ0) is 33.9. The molecule has 51 heavy (non-hydrogen) atoms. The summed E-state index contributed by atoms with van der Waals surface area (Å²) in [6, 6.07) is 68.3. The summed E-state index contributed by atoms with van der Waals surface area (Å²) < 4.78 is 5.87. The fourth-order valence-corrected chi connectivity index (χ4v) is 8.13. The molecule has 0 bridgehead atoms. The SMILES string of the molecule is Brc1ccc(-c2cc(-c3ccc4c(c3)c3ccccc3n4-c3ccccc3)cc(-c3cccc4c5ccccc5n(-c5ccccc5)c34)c2)cc1. The first-order valence-corrected chi connectivity index (χ1v) is 18.1. The molecule has 2 heterocycles. The zero-order valence-electron chi connectivity index (χ0n) is 27.7. The Morgan fingerprint density at radius 1 is 0.314 bits per heavy atom. The molecule has 0 spiro atoms. The van der Waals surface area contributed by atoms with Gasteiger partial charge in [0.15, 0.2) is 0 Å². The van der Waals surface area contributed by atoms with Gasteiger partial charge in [0.1, 0.15) is 0 Å². The van der Waals surface area contributed by atoms with Crippen LogP contribution in [0.25, 0.3) is 88.4 Å². The maximum atomic E-state index is 3.65. The van der Waals surface area contributed by atoms with Gasteiger partial charge in [-0.15, -0.1) is 0 Å². The van der Waals surface area contributed by atoms with Gasteiger partial charge >= 0.3 is 0 Å². The number of benzene rings is 8. The van der Waals surface area contributed by atoms with Gasteiger partial charge in [-0.1, -0.05) is 125 Å². The highest BCUT2D eigenvalue weighted by molar-refractivity contribution is 9.10. The lowest BCUT2D eigenvalue weighted by Crippen LogP contribution is -1.95. The first-order chi connectivity index (χ1) is 25.2. The lowest BCUT2D eigenvalue weighted by molar-refractivity contribution is 1.18. The highest BCUT2D eigenvalue weighted by Crippen LogP contribution is 2.42. The van der Waals surface area contributed by atoms with Crippen LogP contribution in [-0.4, -0.2) is 9.13 Å². The Balaban J connectivity index is 1.25. The van der Waals surface area contributed by atoms with E-state index in [0.717, 1.165) is 15.8 Å². The molecule has 0 aliphatic carbocycles. The minimum absolute atomic E-state index is 1.07. The maximum absolute atomic E-state index is 3.65. The van der Waals surface area contributed by atoms with Gasteiger partial charge in [0.05, 0.1) is 22.1 Å². The highest BCUT2D eigenvalue weighted by Gasteiger charge is 2.18. The van der Waals surface area contributed by atoms with Crippen molar-refractivity contribution in [2.24, 2.45) is 0 Å². The normalized spacial score (nSPS) is 11.6. The average Bonchev–Trinajstić information content (AvgIpc) is 3.71. The third-order valence-corrected chi connectivity index (χ3v) is 10.7. The van der Waals surface area contributed by atoms with Gasteiger partial charge in [-0.2, -0.15) is 0 Å². The summed E-state index contributed by atoms with van der Waals surface area (Å²) >= 11 is 3.65. The topological polar surface area (TPSA) is 9.86 Å². The van der Waals surface area contributed by atoms with Crippen molar-refractivity contribution < 1.29 is 0 Å². The van der Waals surface area contributed by atoms with Crippen molar-refractivity contribution in [3.05, 3.63) is 193 Å². The van der Waals surface area contributed by atoms with Crippen molar-refractivity contribution in [2.45, 2.75) is 0 Å². The largest absolute Gasteiger partial charge is 0.309 e. The Morgan fingerprint density at radius 3 is 1.53 bits per heavy atom. The molecule has 0 unspecified atom stereocenters. The van der Waals surface area contributed by atoms with Crippen molar-refractivity contribution in [3.8, 4) is 44.8 Å². The zero-order valence-corrected chi connectivity index (χ0v) is 29.3. The molecule has 0 N–H and O–H groups in total. The Kier molecular flexibility index (Phi) is 7.00. The van der Waals surface area contributed by atoms with Crippen LogP contribution in [0.4, 0.5) is 0 Å². The third kappa shape index (κ3) is 4.92. The summed E-state index contributed by atoms with van der Waals surface area (Å²) in [6.45, 7) is 0. The van der Waals surface area contributed by atoms with Gasteiger partial charge in [-0.05, 0) is 107 Å². The van der Waals surface area contributed by atoms with E-state index in [0.29, 0.717) is 0 Å². The number of hydrogen-bond acceptors (Lipinski definition) is 0. The maximum Gasteiger partial charge on any atom is 0.0619 e. The van der Waals surface area contributed by atoms with E-state index < -0.39 is 0 Å². The molecule has 0 atom stereocenters. The van der Waals surface area contributed by atoms with E-state index in [1.807, 2.05) is 0 Å². The number of nitrogens with zero attached hydrogens (tertiary/aromatic N) is 2. The van der Waals surface area contributed by atoms with Crippen LogP contribution >= 0.6 is 15.9 Å². The van der Waals surface area contributed by atoms with Crippen LogP contribution in [-0.2, 0) is 0 Å². The van der Waals surface area contributed by atoms with E-state index in [2.05, 4.69) is 213 Å². The van der Waals surface area contributed by atoms with Crippen LogP contribution < -0.4 is 0 Å². The molecule has 3 heteroatoms. The number of para-hydroxylation sites is 5. The summed E-state index contributed by atoms with van der Waals surface area (Å²) in [5.41, 5.74) is 14.3. The number of fused-ring (bicyclic) bond motifs is 6. The Labute approximate surface area is 304 Å². The van der Waals surface area contributed by atoms with Crippen molar-refractivity contribution in [1.29, 1.82) is 0 Å². The third-order valence-electron chi connectivity index (χ3n) is 10.2. The molecule has 10 rings (SSSR count). The van der Waals surface area contributed by atoms with Crippen LogP contribution in [0, 0.1) is 0 Å². The van der Waals surface area contributed by atoms with Crippen LogP contribution in [0.3, 0.4) is 0 Å². The van der Waals surface area contributed by atoms with E-state index in [9.17, 15) is 0 Å². The molecule has 0 aliphatic rings. The van der Waals surface area contributed by atoms with Crippen molar-refractivity contribution in [1.82, 2.24) is 9.13 Å². The molecule has 0 saturated carbocycles. The van der Waals surface area contributed by atoms with Crippen LogP contribution in [0.15, 0.2) is 193 Å². The first kappa shape index (κ1) is 29.7. The summed E-state index contributed by atoms with van der Waals surface area (Å²) in [5.74, 6) is 0. The van der Waals surface area contributed by atoms with Gasteiger partial charge in [0.2, 0.25) is 0 Å². The molecule has 2 aromatic heterocycles. The van der Waals surface area contributed by atoms with Gasteiger partial charge in [0.25, 0.3) is 0 Å². The minimum atomic E-state index is 1.07. The fourth-order valence-electron chi connectivity index (χ4n) is 7.86. The molecule has 0 fully saturated rings. The van der Waals surface area contributed by atoms with Crippen LogP contribution in [0.5, 0.6) is 0 Å². The minimum Gasteiger partial charge on any atom is -0.309 e. The number of halogens is 1. The first-order valence-electron chi connectivity index (χ1n) is 17.3. The molecular formula is C48H31BrN2. The molecular weight excluding hydrogens is 684 g/mol. The van der Waals surface area contributed by atoms with Crippen LogP contribution in [0.2, 0.25) is 0 Å². The molecule has 8 aromatic carbocycles. The molecule has 0 saturated heterocycles. The molecule has 10 aromatic rings. The van der Waals surface area contributed by atoms with Crippen molar-refractivity contribution in [2.75, 3.05) is 0 Å². The second-order valence-electron chi connectivity index (χ2n) is 13.1. The Hall–Kier alpha value is -6.16. The van der Waals surface area contributed by atoms with Crippen molar-refractivity contribution >= 4 is 59.5 Å². The quantitative estimate of drug-likeness (QED) is 0.168. The number of hydrogen-bond donors (Lipinski definition) is 0. The van der Waals surface area contributed by atoms with Crippen molar-refractivity contribution in [3.63, 3.8) is 0 Å². The van der Waals surface area contributed by atoms with Gasteiger partial charge < -0.3 is 9.13 Å².